The molecule has 112 valence electrons. The third-order valence-corrected chi connectivity index (χ3v) is 3.84. The van der Waals surface area contributed by atoms with Crippen molar-refractivity contribution in [1.82, 2.24) is 9.88 Å². The summed E-state index contributed by atoms with van der Waals surface area (Å²) < 4.78 is 0. The Kier molecular flexibility index (Phi) is 5.52. The van der Waals surface area contributed by atoms with E-state index in [1.54, 1.807) is 18.3 Å². The smallest absolute Gasteiger partial charge is 0.220 e. The van der Waals surface area contributed by atoms with E-state index < -0.39 is 0 Å². The SMILES string of the molecule is N#Cc1ccnc(NCCCN2CCC(C(N)=O)CC2)c1. The number of pyridine rings is 1. The van der Waals surface area contributed by atoms with Crippen LogP contribution in [0.5, 0.6) is 0 Å². The lowest BCUT2D eigenvalue weighted by Gasteiger charge is -2.30. The fraction of sp³-hybridized carbons (Fsp3) is 0.533. The lowest BCUT2D eigenvalue weighted by Crippen LogP contribution is -2.39. The van der Waals surface area contributed by atoms with Crippen molar-refractivity contribution in [2.24, 2.45) is 11.7 Å². The number of hydrogen-bond acceptors (Lipinski definition) is 5. The zero-order valence-corrected chi connectivity index (χ0v) is 12.1. The molecule has 0 aliphatic carbocycles. The van der Waals surface area contributed by atoms with Gasteiger partial charge < -0.3 is 16.0 Å². The first-order chi connectivity index (χ1) is 10.2. The van der Waals surface area contributed by atoms with Crippen LogP contribution in [0.3, 0.4) is 0 Å². The van der Waals surface area contributed by atoms with Crippen LogP contribution in [-0.2, 0) is 4.79 Å². The van der Waals surface area contributed by atoms with Gasteiger partial charge in [0.1, 0.15) is 5.82 Å². The Labute approximate surface area is 124 Å². The van der Waals surface area contributed by atoms with Gasteiger partial charge in [0.25, 0.3) is 0 Å². The normalized spacial score (nSPS) is 16.3. The number of aromatic nitrogens is 1. The van der Waals surface area contributed by atoms with E-state index in [-0.39, 0.29) is 11.8 Å². The van der Waals surface area contributed by atoms with E-state index in [0.29, 0.717) is 5.56 Å². The summed E-state index contributed by atoms with van der Waals surface area (Å²) in [5.41, 5.74) is 5.94. The van der Waals surface area contributed by atoms with Gasteiger partial charge in [-0.25, -0.2) is 4.98 Å². The topological polar surface area (TPSA) is 95.0 Å². The molecule has 1 saturated heterocycles. The van der Waals surface area contributed by atoms with Crippen molar-refractivity contribution in [3.8, 4) is 6.07 Å². The summed E-state index contributed by atoms with van der Waals surface area (Å²) in [7, 11) is 0. The number of likely N-dealkylation sites (tertiary alicyclic amines) is 1. The Bertz CT molecular complexity index is 517. The van der Waals surface area contributed by atoms with Crippen molar-refractivity contribution in [3.63, 3.8) is 0 Å². The Morgan fingerprint density at radius 3 is 2.95 bits per heavy atom. The number of carbonyl (C=O) groups is 1. The Balaban J connectivity index is 1.64. The van der Waals surface area contributed by atoms with Gasteiger partial charge in [0.2, 0.25) is 5.91 Å². The van der Waals surface area contributed by atoms with Crippen LogP contribution in [0.1, 0.15) is 24.8 Å². The molecule has 6 nitrogen and oxygen atoms in total. The molecule has 0 saturated carbocycles. The number of piperidine rings is 1. The molecule has 0 aromatic carbocycles. The third-order valence-electron chi connectivity index (χ3n) is 3.84. The summed E-state index contributed by atoms with van der Waals surface area (Å²) in [6.07, 6.45) is 4.37. The molecular formula is C15H21N5O. The van der Waals surface area contributed by atoms with Gasteiger partial charge in [0.05, 0.1) is 11.6 Å². The molecule has 1 aliphatic heterocycles. The fourth-order valence-corrected chi connectivity index (χ4v) is 2.56. The minimum Gasteiger partial charge on any atom is -0.370 e. The average Bonchev–Trinajstić information content (AvgIpc) is 2.52. The Hall–Kier alpha value is -2.13. The summed E-state index contributed by atoms with van der Waals surface area (Å²) in [5, 5.41) is 12.0. The first-order valence-electron chi connectivity index (χ1n) is 7.30. The number of nitrogens with zero attached hydrogens (tertiary/aromatic N) is 3. The van der Waals surface area contributed by atoms with Crippen molar-refractivity contribution < 1.29 is 4.79 Å². The molecule has 1 amide bonds. The molecule has 2 heterocycles. The highest BCUT2D eigenvalue weighted by atomic mass is 16.1. The second-order valence-electron chi connectivity index (χ2n) is 5.34. The van der Waals surface area contributed by atoms with Gasteiger partial charge in [0.15, 0.2) is 0 Å². The van der Waals surface area contributed by atoms with Crippen LogP contribution in [-0.4, -0.2) is 42.0 Å². The standard InChI is InChI=1S/C15H21N5O/c16-11-12-2-6-19-14(10-12)18-5-1-7-20-8-3-13(4-9-20)15(17)21/h2,6,10,13H,1,3-5,7-9H2,(H2,17,21)(H,18,19). The first kappa shape index (κ1) is 15.3. The molecule has 1 aliphatic rings. The largest absolute Gasteiger partial charge is 0.370 e. The molecule has 0 spiro atoms. The molecule has 6 heteroatoms. The molecule has 0 bridgehead atoms. The number of anilines is 1. The number of hydrogen-bond donors (Lipinski definition) is 2. The van der Waals surface area contributed by atoms with Crippen molar-refractivity contribution >= 4 is 11.7 Å². The number of nitrogens with one attached hydrogen (secondary N) is 1. The Morgan fingerprint density at radius 2 is 2.29 bits per heavy atom. The molecule has 1 aromatic heterocycles. The van der Waals surface area contributed by atoms with Crippen molar-refractivity contribution in [1.29, 1.82) is 5.26 Å². The van der Waals surface area contributed by atoms with Crippen LogP contribution < -0.4 is 11.1 Å². The third kappa shape index (κ3) is 4.72. The second-order valence-corrected chi connectivity index (χ2v) is 5.34. The molecule has 3 N–H and O–H groups in total. The van der Waals surface area contributed by atoms with Gasteiger partial charge in [-0.2, -0.15) is 5.26 Å². The van der Waals surface area contributed by atoms with Crippen LogP contribution in [0.4, 0.5) is 5.82 Å². The van der Waals surface area contributed by atoms with Crippen LogP contribution in [0.15, 0.2) is 18.3 Å². The van der Waals surface area contributed by atoms with Gasteiger partial charge in [-0.05, 0) is 51.0 Å². The van der Waals surface area contributed by atoms with Crippen molar-refractivity contribution in [2.75, 3.05) is 31.5 Å². The van der Waals surface area contributed by atoms with E-state index in [0.717, 1.165) is 51.3 Å². The van der Waals surface area contributed by atoms with E-state index >= 15 is 0 Å². The van der Waals surface area contributed by atoms with Crippen LogP contribution in [0.2, 0.25) is 0 Å². The monoisotopic (exact) mass is 287 g/mol. The number of nitrogens with two attached hydrogens (primary N) is 1. The molecule has 0 atom stereocenters. The predicted octanol–water partition coefficient (Wildman–Crippen LogP) is 0.953. The summed E-state index contributed by atoms with van der Waals surface area (Å²) in [6.45, 7) is 3.69. The highest BCUT2D eigenvalue weighted by molar-refractivity contribution is 5.76. The molecule has 0 radical (unpaired) electrons. The van der Waals surface area contributed by atoms with E-state index in [4.69, 9.17) is 11.0 Å². The molecule has 1 fully saturated rings. The van der Waals surface area contributed by atoms with Crippen LogP contribution >= 0.6 is 0 Å². The van der Waals surface area contributed by atoms with E-state index in [2.05, 4.69) is 21.3 Å². The average molecular weight is 287 g/mol. The van der Waals surface area contributed by atoms with E-state index in [9.17, 15) is 4.79 Å². The zero-order valence-electron chi connectivity index (χ0n) is 12.1. The summed E-state index contributed by atoms with van der Waals surface area (Å²) >= 11 is 0. The van der Waals surface area contributed by atoms with Gasteiger partial charge >= 0.3 is 0 Å². The van der Waals surface area contributed by atoms with E-state index in [1.807, 2.05) is 0 Å². The maximum atomic E-state index is 11.1. The van der Waals surface area contributed by atoms with Gasteiger partial charge in [-0.15, -0.1) is 0 Å². The van der Waals surface area contributed by atoms with Crippen molar-refractivity contribution in [2.45, 2.75) is 19.3 Å². The number of nitriles is 1. The van der Waals surface area contributed by atoms with Crippen LogP contribution in [0, 0.1) is 17.2 Å². The van der Waals surface area contributed by atoms with Gasteiger partial charge in [-0.3, -0.25) is 4.79 Å². The molecule has 1 aromatic rings. The molecular weight excluding hydrogens is 266 g/mol. The molecule has 0 unspecified atom stereocenters. The van der Waals surface area contributed by atoms with E-state index in [1.165, 1.54) is 0 Å². The second kappa shape index (κ2) is 7.60. The van der Waals surface area contributed by atoms with Crippen molar-refractivity contribution in [3.05, 3.63) is 23.9 Å². The number of primary amides is 1. The van der Waals surface area contributed by atoms with Gasteiger partial charge in [0, 0.05) is 18.7 Å². The minimum absolute atomic E-state index is 0.0531. The quantitative estimate of drug-likeness (QED) is 0.760. The highest BCUT2D eigenvalue weighted by Crippen LogP contribution is 2.16. The first-order valence-corrected chi connectivity index (χ1v) is 7.30. The van der Waals surface area contributed by atoms with Crippen LogP contribution in [0.25, 0.3) is 0 Å². The maximum Gasteiger partial charge on any atom is 0.220 e. The lowest BCUT2D eigenvalue weighted by atomic mass is 9.96. The predicted molar refractivity (Wildman–Crippen MR) is 80.4 cm³/mol. The summed E-state index contributed by atoms with van der Waals surface area (Å²) in [4.78, 5) is 17.6. The lowest BCUT2D eigenvalue weighted by molar-refractivity contribution is -0.123. The Morgan fingerprint density at radius 1 is 1.52 bits per heavy atom. The number of carbonyl (C=O) groups excluding carboxylic acids is 1. The number of amides is 1. The zero-order chi connectivity index (χ0) is 15.1. The highest BCUT2D eigenvalue weighted by Gasteiger charge is 2.22. The molecule has 21 heavy (non-hydrogen) atoms. The summed E-state index contributed by atoms with van der Waals surface area (Å²) in [6, 6.07) is 5.53. The summed E-state index contributed by atoms with van der Waals surface area (Å²) in [5.74, 6) is 0.624. The van der Waals surface area contributed by atoms with Gasteiger partial charge in [-0.1, -0.05) is 0 Å². The maximum absolute atomic E-state index is 11.1. The molecule has 2 rings (SSSR count). The fourth-order valence-electron chi connectivity index (χ4n) is 2.56. The minimum atomic E-state index is -0.167. The number of rotatable bonds is 6.